The molecule has 0 saturated heterocycles. The minimum atomic E-state index is 0.496. The lowest BCUT2D eigenvalue weighted by atomic mass is 10.1. The third-order valence-corrected chi connectivity index (χ3v) is 4.39. The fraction of sp³-hybridized carbons (Fsp3) is 0.200. The number of nitrogens with one attached hydrogen (secondary N) is 2. The molecule has 5 heteroatoms. The van der Waals surface area contributed by atoms with E-state index >= 15 is 0 Å². The summed E-state index contributed by atoms with van der Waals surface area (Å²) in [6, 6.07) is 18.4. The molecule has 0 atom stereocenters. The Hall–Kier alpha value is -2.59. The highest BCUT2D eigenvalue weighted by Gasteiger charge is 2.22. The third-order valence-electron chi connectivity index (χ3n) is 4.16. The van der Waals surface area contributed by atoms with E-state index < -0.39 is 0 Å². The van der Waals surface area contributed by atoms with Crippen LogP contribution in [0.4, 0.5) is 17.5 Å². The first kappa shape index (κ1) is 15.9. The second-order valence-electron chi connectivity index (χ2n) is 6.33. The van der Waals surface area contributed by atoms with Gasteiger partial charge in [-0.1, -0.05) is 41.9 Å². The average molecular weight is 351 g/mol. The molecule has 0 aliphatic heterocycles. The van der Waals surface area contributed by atoms with Gasteiger partial charge in [-0.05, 0) is 43.5 Å². The molecule has 1 heterocycles. The van der Waals surface area contributed by atoms with Gasteiger partial charge >= 0.3 is 0 Å². The molecular weight excluding hydrogens is 332 g/mol. The quantitative estimate of drug-likeness (QED) is 0.644. The molecule has 0 amide bonds. The number of hydrogen-bond donors (Lipinski definition) is 2. The smallest absolute Gasteiger partial charge is 0.225 e. The molecule has 1 saturated carbocycles. The van der Waals surface area contributed by atoms with Gasteiger partial charge in [0.05, 0.1) is 5.69 Å². The number of rotatable bonds is 5. The molecule has 4 rings (SSSR count). The van der Waals surface area contributed by atoms with Crippen LogP contribution in [-0.4, -0.2) is 16.0 Å². The van der Waals surface area contributed by atoms with Crippen molar-refractivity contribution in [1.82, 2.24) is 9.97 Å². The summed E-state index contributed by atoms with van der Waals surface area (Å²) < 4.78 is 0. The molecule has 2 N–H and O–H groups in total. The summed E-state index contributed by atoms with van der Waals surface area (Å²) in [5.74, 6) is 1.43. The first-order valence-electron chi connectivity index (χ1n) is 8.41. The van der Waals surface area contributed by atoms with Gasteiger partial charge in [0.2, 0.25) is 5.95 Å². The maximum absolute atomic E-state index is 6.05. The fourth-order valence-corrected chi connectivity index (χ4v) is 2.87. The lowest BCUT2D eigenvalue weighted by molar-refractivity contribution is 1.06. The van der Waals surface area contributed by atoms with Gasteiger partial charge in [-0.2, -0.15) is 4.98 Å². The van der Waals surface area contributed by atoms with Crippen LogP contribution in [0.25, 0.3) is 11.3 Å². The molecule has 0 bridgehead atoms. The molecule has 0 unspecified atom stereocenters. The van der Waals surface area contributed by atoms with E-state index in [1.165, 1.54) is 12.8 Å². The van der Waals surface area contributed by atoms with Gasteiger partial charge < -0.3 is 10.6 Å². The average Bonchev–Trinajstić information content (AvgIpc) is 3.42. The van der Waals surface area contributed by atoms with Crippen LogP contribution >= 0.6 is 11.6 Å². The van der Waals surface area contributed by atoms with E-state index in [1.807, 2.05) is 49.4 Å². The van der Waals surface area contributed by atoms with Gasteiger partial charge in [0, 0.05) is 28.4 Å². The van der Waals surface area contributed by atoms with Gasteiger partial charge in [0.1, 0.15) is 5.82 Å². The van der Waals surface area contributed by atoms with E-state index in [-0.39, 0.29) is 0 Å². The number of benzene rings is 2. The molecule has 25 heavy (non-hydrogen) atoms. The zero-order chi connectivity index (χ0) is 17.2. The van der Waals surface area contributed by atoms with Crippen molar-refractivity contribution < 1.29 is 0 Å². The number of nitrogens with zero attached hydrogens (tertiary/aromatic N) is 2. The number of aryl methyl sites for hydroxylation is 1. The molecular formula is C20H19ClN4. The van der Waals surface area contributed by atoms with Crippen molar-refractivity contribution in [1.29, 1.82) is 0 Å². The predicted octanol–water partition coefficient (Wildman–Crippen LogP) is 5.42. The molecule has 0 spiro atoms. The maximum atomic E-state index is 6.05. The minimum Gasteiger partial charge on any atom is -0.351 e. The Kier molecular flexibility index (Phi) is 4.28. The molecule has 0 radical (unpaired) electrons. The van der Waals surface area contributed by atoms with E-state index in [0.717, 1.165) is 33.3 Å². The van der Waals surface area contributed by atoms with Crippen LogP contribution in [0.1, 0.15) is 18.4 Å². The summed E-state index contributed by atoms with van der Waals surface area (Å²) >= 11 is 6.05. The van der Waals surface area contributed by atoms with Crippen LogP contribution in [-0.2, 0) is 0 Å². The highest BCUT2D eigenvalue weighted by Crippen LogP contribution is 2.28. The van der Waals surface area contributed by atoms with Gasteiger partial charge in [0.15, 0.2) is 0 Å². The van der Waals surface area contributed by atoms with Gasteiger partial charge in [-0.15, -0.1) is 0 Å². The van der Waals surface area contributed by atoms with Gasteiger partial charge in [0.25, 0.3) is 0 Å². The molecule has 2 aromatic carbocycles. The first-order chi connectivity index (χ1) is 12.2. The fourth-order valence-electron chi connectivity index (χ4n) is 2.65. The zero-order valence-corrected chi connectivity index (χ0v) is 14.7. The summed E-state index contributed by atoms with van der Waals surface area (Å²) in [6.07, 6.45) is 2.36. The third kappa shape index (κ3) is 3.91. The second-order valence-corrected chi connectivity index (χ2v) is 6.77. The van der Waals surface area contributed by atoms with E-state index in [4.69, 9.17) is 11.6 Å². The highest BCUT2D eigenvalue weighted by atomic mass is 35.5. The molecule has 3 aromatic rings. The van der Waals surface area contributed by atoms with E-state index in [0.29, 0.717) is 12.0 Å². The van der Waals surface area contributed by atoms with E-state index in [9.17, 15) is 0 Å². The van der Waals surface area contributed by atoms with Crippen LogP contribution < -0.4 is 10.6 Å². The van der Waals surface area contributed by atoms with Crippen molar-refractivity contribution in [2.45, 2.75) is 25.8 Å². The van der Waals surface area contributed by atoms with Crippen molar-refractivity contribution >= 4 is 29.1 Å². The summed E-state index contributed by atoms with van der Waals surface area (Å²) in [4.78, 5) is 9.31. The maximum Gasteiger partial charge on any atom is 0.225 e. The van der Waals surface area contributed by atoms with Crippen molar-refractivity contribution in [2.24, 2.45) is 0 Å². The van der Waals surface area contributed by atoms with Crippen molar-refractivity contribution in [3.05, 3.63) is 65.2 Å². The summed E-state index contributed by atoms with van der Waals surface area (Å²) in [7, 11) is 0. The summed E-state index contributed by atoms with van der Waals surface area (Å²) in [5.41, 5.74) is 4.02. The van der Waals surface area contributed by atoms with Crippen molar-refractivity contribution in [3.63, 3.8) is 0 Å². The number of anilines is 3. The first-order valence-corrected chi connectivity index (χ1v) is 8.79. The topological polar surface area (TPSA) is 49.8 Å². The number of hydrogen-bond acceptors (Lipinski definition) is 4. The standard InChI is InChI=1S/C20H19ClN4/c1-13-11-15(21)7-10-17(13)23-19-12-18(14-5-3-2-4-6-14)24-20(25-19)22-16-8-9-16/h2-7,10-12,16H,8-9H2,1H3,(H2,22,23,24,25). The monoisotopic (exact) mass is 350 g/mol. The molecule has 126 valence electrons. The number of halogens is 1. The highest BCUT2D eigenvalue weighted by molar-refractivity contribution is 6.30. The Morgan fingerprint density at radius 2 is 1.80 bits per heavy atom. The Morgan fingerprint density at radius 3 is 2.52 bits per heavy atom. The molecule has 1 fully saturated rings. The normalized spacial score (nSPS) is 13.5. The molecule has 1 aromatic heterocycles. The Balaban J connectivity index is 1.70. The van der Waals surface area contributed by atoms with Crippen molar-refractivity contribution in [2.75, 3.05) is 10.6 Å². The lowest BCUT2D eigenvalue weighted by Gasteiger charge is -2.13. The van der Waals surface area contributed by atoms with Crippen molar-refractivity contribution in [3.8, 4) is 11.3 Å². The number of aromatic nitrogens is 2. The molecule has 1 aliphatic carbocycles. The Labute approximate surface area is 152 Å². The Bertz CT molecular complexity index is 891. The summed E-state index contributed by atoms with van der Waals surface area (Å²) in [6.45, 7) is 2.02. The largest absolute Gasteiger partial charge is 0.351 e. The zero-order valence-electron chi connectivity index (χ0n) is 14.0. The SMILES string of the molecule is Cc1cc(Cl)ccc1Nc1cc(-c2ccccc2)nc(NC2CC2)n1. The van der Waals surface area contributed by atoms with Crippen LogP contribution in [0.2, 0.25) is 5.02 Å². The van der Waals surface area contributed by atoms with Gasteiger partial charge in [-0.3, -0.25) is 0 Å². The lowest BCUT2D eigenvalue weighted by Crippen LogP contribution is -2.08. The second kappa shape index (κ2) is 6.73. The molecule has 4 nitrogen and oxygen atoms in total. The summed E-state index contributed by atoms with van der Waals surface area (Å²) in [5, 5.41) is 7.51. The Morgan fingerprint density at radius 1 is 1.00 bits per heavy atom. The van der Waals surface area contributed by atoms with Crippen LogP contribution in [0.5, 0.6) is 0 Å². The van der Waals surface area contributed by atoms with Crippen LogP contribution in [0.15, 0.2) is 54.6 Å². The molecule has 1 aliphatic rings. The van der Waals surface area contributed by atoms with Crippen LogP contribution in [0.3, 0.4) is 0 Å². The van der Waals surface area contributed by atoms with Crippen LogP contribution in [0, 0.1) is 6.92 Å². The predicted molar refractivity (Wildman–Crippen MR) is 104 cm³/mol. The van der Waals surface area contributed by atoms with E-state index in [1.54, 1.807) is 0 Å². The van der Waals surface area contributed by atoms with Gasteiger partial charge in [-0.25, -0.2) is 4.98 Å². The minimum absolute atomic E-state index is 0.496. The van der Waals surface area contributed by atoms with E-state index in [2.05, 4.69) is 32.7 Å².